The average Bonchev–Trinajstić information content (AvgIpc) is 2.37. The van der Waals surface area contributed by atoms with Gasteiger partial charge in [-0.25, -0.2) is 8.78 Å². The first-order valence-electron chi connectivity index (χ1n) is 7.50. The summed E-state index contributed by atoms with van der Waals surface area (Å²) in [6.45, 7) is 4.91. The van der Waals surface area contributed by atoms with Gasteiger partial charge in [-0.1, -0.05) is 6.92 Å². The monoisotopic (exact) mass is 299 g/mol. The van der Waals surface area contributed by atoms with Crippen molar-refractivity contribution in [1.82, 2.24) is 10.2 Å². The lowest BCUT2D eigenvalue weighted by molar-refractivity contribution is 0.401. The van der Waals surface area contributed by atoms with Gasteiger partial charge in [-0.3, -0.25) is 0 Å². The van der Waals surface area contributed by atoms with E-state index in [4.69, 9.17) is 0 Å². The number of benzene rings is 1. The molecule has 0 saturated heterocycles. The SMILES string of the molecule is CCCNCc1cc(F)c(N(C)CCCN(C)C)c(F)c1. The van der Waals surface area contributed by atoms with Crippen LogP contribution in [0, 0.1) is 11.6 Å². The summed E-state index contributed by atoms with van der Waals surface area (Å²) >= 11 is 0. The Kier molecular flexibility index (Phi) is 7.61. The molecule has 0 aliphatic carbocycles. The van der Waals surface area contributed by atoms with Crippen LogP contribution in [-0.2, 0) is 6.54 Å². The minimum absolute atomic E-state index is 0.0630. The molecule has 0 heterocycles. The third-order valence-electron chi connectivity index (χ3n) is 3.31. The van der Waals surface area contributed by atoms with Gasteiger partial charge in [-0.05, 0) is 57.7 Å². The Labute approximate surface area is 126 Å². The fourth-order valence-corrected chi connectivity index (χ4v) is 2.23. The highest BCUT2D eigenvalue weighted by Crippen LogP contribution is 2.24. The first-order chi connectivity index (χ1) is 9.95. The van der Waals surface area contributed by atoms with Crippen molar-refractivity contribution in [3.63, 3.8) is 0 Å². The summed E-state index contributed by atoms with van der Waals surface area (Å²) in [4.78, 5) is 3.71. The van der Waals surface area contributed by atoms with E-state index in [-0.39, 0.29) is 5.69 Å². The zero-order valence-corrected chi connectivity index (χ0v) is 13.5. The molecular formula is C16H27F2N3. The van der Waals surface area contributed by atoms with Gasteiger partial charge in [0.25, 0.3) is 0 Å². The summed E-state index contributed by atoms with van der Waals surface area (Å²) in [6.07, 6.45) is 1.86. The lowest BCUT2D eigenvalue weighted by Gasteiger charge is -2.22. The van der Waals surface area contributed by atoms with Gasteiger partial charge in [0.1, 0.15) is 17.3 Å². The molecule has 0 saturated carbocycles. The molecule has 1 aromatic carbocycles. The van der Waals surface area contributed by atoms with Crippen molar-refractivity contribution < 1.29 is 8.78 Å². The quantitative estimate of drug-likeness (QED) is 0.707. The molecule has 0 radical (unpaired) electrons. The summed E-state index contributed by atoms with van der Waals surface area (Å²) in [7, 11) is 5.70. The molecular weight excluding hydrogens is 272 g/mol. The third kappa shape index (κ3) is 5.98. The van der Waals surface area contributed by atoms with Gasteiger partial charge < -0.3 is 15.1 Å². The van der Waals surface area contributed by atoms with Crippen LogP contribution < -0.4 is 10.2 Å². The smallest absolute Gasteiger partial charge is 0.149 e. The molecule has 120 valence electrons. The molecule has 0 amide bonds. The number of halogens is 2. The second-order valence-electron chi connectivity index (χ2n) is 5.66. The Hall–Kier alpha value is -1.20. The van der Waals surface area contributed by atoms with Crippen molar-refractivity contribution in [2.24, 2.45) is 0 Å². The van der Waals surface area contributed by atoms with Gasteiger partial charge in [0.05, 0.1) is 0 Å². The van der Waals surface area contributed by atoms with Crippen molar-refractivity contribution in [3.8, 4) is 0 Å². The fraction of sp³-hybridized carbons (Fsp3) is 0.625. The molecule has 1 aromatic rings. The molecule has 0 atom stereocenters. The van der Waals surface area contributed by atoms with Crippen LogP contribution in [0.5, 0.6) is 0 Å². The lowest BCUT2D eigenvalue weighted by Crippen LogP contribution is -2.25. The van der Waals surface area contributed by atoms with E-state index in [9.17, 15) is 8.78 Å². The number of rotatable bonds is 9. The summed E-state index contributed by atoms with van der Waals surface area (Å²) in [5, 5.41) is 3.15. The Morgan fingerprint density at radius 3 is 2.19 bits per heavy atom. The fourth-order valence-electron chi connectivity index (χ4n) is 2.23. The zero-order chi connectivity index (χ0) is 15.8. The van der Waals surface area contributed by atoms with Crippen LogP contribution in [0.15, 0.2) is 12.1 Å². The van der Waals surface area contributed by atoms with Crippen molar-refractivity contribution in [2.75, 3.05) is 45.7 Å². The van der Waals surface area contributed by atoms with Gasteiger partial charge in [0.2, 0.25) is 0 Å². The van der Waals surface area contributed by atoms with E-state index >= 15 is 0 Å². The second-order valence-corrected chi connectivity index (χ2v) is 5.66. The molecule has 5 heteroatoms. The molecule has 0 bridgehead atoms. The van der Waals surface area contributed by atoms with E-state index in [0.29, 0.717) is 18.7 Å². The van der Waals surface area contributed by atoms with E-state index < -0.39 is 11.6 Å². The molecule has 3 nitrogen and oxygen atoms in total. The zero-order valence-electron chi connectivity index (χ0n) is 13.5. The van der Waals surface area contributed by atoms with Gasteiger partial charge in [-0.2, -0.15) is 0 Å². The lowest BCUT2D eigenvalue weighted by atomic mass is 10.1. The van der Waals surface area contributed by atoms with Crippen molar-refractivity contribution in [1.29, 1.82) is 0 Å². The highest BCUT2D eigenvalue weighted by atomic mass is 19.1. The van der Waals surface area contributed by atoms with Crippen LogP contribution in [-0.4, -0.2) is 45.7 Å². The van der Waals surface area contributed by atoms with Gasteiger partial charge in [0, 0.05) is 20.1 Å². The summed E-state index contributed by atoms with van der Waals surface area (Å²) in [6, 6.07) is 2.84. The maximum absolute atomic E-state index is 14.1. The third-order valence-corrected chi connectivity index (χ3v) is 3.31. The van der Waals surface area contributed by atoms with Crippen LogP contribution in [0.2, 0.25) is 0 Å². The minimum Gasteiger partial charge on any atom is -0.370 e. The molecule has 0 unspecified atom stereocenters. The molecule has 0 aliphatic heterocycles. The first-order valence-corrected chi connectivity index (χ1v) is 7.50. The Morgan fingerprint density at radius 2 is 1.67 bits per heavy atom. The van der Waals surface area contributed by atoms with Gasteiger partial charge >= 0.3 is 0 Å². The van der Waals surface area contributed by atoms with E-state index in [1.807, 2.05) is 14.1 Å². The van der Waals surface area contributed by atoms with Crippen LogP contribution in [0.3, 0.4) is 0 Å². The topological polar surface area (TPSA) is 18.5 Å². The Balaban J connectivity index is 2.69. The first kappa shape index (κ1) is 17.9. The van der Waals surface area contributed by atoms with E-state index in [0.717, 1.165) is 25.9 Å². The van der Waals surface area contributed by atoms with Crippen molar-refractivity contribution in [2.45, 2.75) is 26.3 Å². The maximum atomic E-state index is 14.1. The van der Waals surface area contributed by atoms with E-state index in [1.165, 1.54) is 12.1 Å². The molecule has 1 N–H and O–H groups in total. The van der Waals surface area contributed by atoms with E-state index in [1.54, 1.807) is 11.9 Å². The van der Waals surface area contributed by atoms with Crippen LogP contribution >= 0.6 is 0 Å². The molecule has 21 heavy (non-hydrogen) atoms. The van der Waals surface area contributed by atoms with Gasteiger partial charge in [0.15, 0.2) is 0 Å². The summed E-state index contributed by atoms with van der Waals surface area (Å²) in [5.74, 6) is -0.980. The molecule has 0 aliphatic rings. The highest BCUT2D eigenvalue weighted by Gasteiger charge is 2.15. The maximum Gasteiger partial charge on any atom is 0.149 e. The summed E-state index contributed by atoms with van der Waals surface area (Å²) < 4.78 is 28.3. The van der Waals surface area contributed by atoms with Gasteiger partial charge in [-0.15, -0.1) is 0 Å². The predicted molar refractivity (Wildman–Crippen MR) is 84.8 cm³/mol. The largest absolute Gasteiger partial charge is 0.370 e. The minimum atomic E-state index is -0.490. The second kappa shape index (κ2) is 8.95. The predicted octanol–water partition coefficient (Wildman–Crippen LogP) is 2.85. The number of hydrogen-bond acceptors (Lipinski definition) is 3. The summed E-state index contributed by atoms with van der Waals surface area (Å²) in [5.41, 5.74) is 0.705. The molecule has 0 aromatic heterocycles. The molecule has 1 rings (SSSR count). The van der Waals surface area contributed by atoms with Crippen molar-refractivity contribution >= 4 is 5.69 Å². The van der Waals surface area contributed by atoms with Crippen LogP contribution in [0.25, 0.3) is 0 Å². The molecule has 0 fully saturated rings. The molecule has 0 spiro atoms. The van der Waals surface area contributed by atoms with Crippen molar-refractivity contribution in [3.05, 3.63) is 29.3 Å². The number of nitrogens with one attached hydrogen (secondary N) is 1. The van der Waals surface area contributed by atoms with Crippen LogP contribution in [0.1, 0.15) is 25.3 Å². The number of nitrogens with zero attached hydrogens (tertiary/aromatic N) is 2. The average molecular weight is 299 g/mol. The number of hydrogen-bond donors (Lipinski definition) is 1. The Morgan fingerprint density at radius 1 is 1.05 bits per heavy atom. The number of anilines is 1. The Bertz CT molecular complexity index is 413. The normalized spacial score (nSPS) is 11.2. The standard InChI is InChI=1S/C16H27F2N3/c1-5-7-19-12-13-10-14(17)16(15(18)11-13)21(4)9-6-8-20(2)3/h10-11,19H,5-9,12H2,1-4H3. The van der Waals surface area contributed by atoms with Crippen LogP contribution in [0.4, 0.5) is 14.5 Å². The highest BCUT2D eigenvalue weighted by molar-refractivity contribution is 5.50. The van der Waals surface area contributed by atoms with E-state index in [2.05, 4.69) is 17.1 Å².